The van der Waals surface area contributed by atoms with Crippen LogP contribution in [0.5, 0.6) is 0 Å². The van der Waals surface area contributed by atoms with Gasteiger partial charge in [-0.2, -0.15) is 0 Å². The van der Waals surface area contributed by atoms with Gasteiger partial charge in [0.25, 0.3) is 0 Å². The second-order valence-corrected chi connectivity index (χ2v) is 4.02. The van der Waals surface area contributed by atoms with E-state index in [9.17, 15) is 0 Å². The van der Waals surface area contributed by atoms with Crippen LogP contribution < -0.4 is 5.32 Å². The summed E-state index contributed by atoms with van der Waals surface area (Å²) in [4.78, 5) is 4.27. The topological polar surface area (TPSA) is 24.9 Å². The Hall–Kier alpha value is -1.61. The van der Waals surface area contributed by atoms with Crippen molar-refractivity contribution in [1.29, 1.82) is 0 Å². The standard InChI is InChI=1S/C12H12N2S/c1-2-11(12-13-8-9-15-12)14-10-6-4-3-5-7-10/h2-9,11,14H,1H2. The molecular formula is C12H12N2S. The van der Waals surface area contributed by atoms with Crippen molar-refractivity contribution in [3.05, 3.63) is 59.6 Å². The smallest absolute Gasteiger partial charge is 0.119 e. The monoisotopic (exact) mass is 216 g/mol. The van der Waals surface area contributed by atoms with Crippen molar-refractivity contribution in [3.63, 3.8) is 0 Å². The third kappa shape index (κ3) is 2.44. The Bertz CT molecular complexity index is 408. The van der Waals surface area contributed by atoms with Crippen LogP contribution in [0.4, 0.5) is 5.69 Å². The molecule has 0 fully saturated rings. The molecule has 1 unspecified atom stereocenters. The van der Waals surface area contributed by atoms with Crippen LogP contribution in [0.2, 0.25) is 0 Å². The van der Waals surface area contributed by atoms with Gasteiger partial charge >= 0.3 is 0 Å². The van der Waals surface area contributed by atoms with E-state index in [-0.39, 0.29) is 6.04 Å². The van der Waals surface area contributed by atoms with Crippen LogP contribution in [0.25, 0.3) is 0 Å². The van der Waals surface area contributed by atoms with Crippen LogP contribution in [0.15, 0.2) is 54.6 Å². The zero-order valence-corrected chi connectivity index (χ0v) is 9.08. The van der Waals surface area contributed by atoms with Crippen LogP contribution in [0.1, 0.15) is 11.0 Å². The molecular weight excluding hydrogens is 204 g/mol. The van der Waals surface area contributed by atoms with Gasteiger partial charge in [0.2, 0.25) is 0 Å². The van der Waals surface area contributed by atoms with Crippen LogP contribution in [0.3, 0.4) is 0 Å². The number of para-hydroxylation sites is 1. The SMILES string of the molecule is C=CC(Nc1ccccc1)c1nccs1. The lowest BCUT2D eigenvalue weighted by atomic mass is 10.2. The molecule has 3 heteroatoms. The van der Waals surface area contributed by atoms with Gasteiger partial charge in [-0.15, -0.1) is 17.9 Å². The number of nitrogens with one attached hydrogen (secondary N) is 1. The van der Waals surface area contributed by atoms with E-state index < -0.39 is 0 Å². The molecule has 0 amide bonds. The van der Waals surface area contributed by atoms with Crippen LogP contribution in [-0.4, -0.2) is 4.98 Å². The van der Waals surface area contributed by atoms with Crippen molar-refractivity contribution in [3.8, 4) is 0 Å². The highest BCUT2D eigenvalue weighted by Crippen LogP contribution is 2.21. The first-order valence-electron chi connectivity index (χ1n) is 4.73. The summed E-state index contributed by atoms with van der Waals surface area (Å²) >= 11 is 1.63. The summed E-state index contributed by atoms with van der Waals surface area (Å²) in [5, 5.41) is 6.37. The Morgan fingerprint density at radius 1 is 1.33 bits per heavy atom. The molecule has 0 aliphatic carbocycles. The summed E-state index contributed by atoms with van der Waals surface area (Å²) < 4.78 is 0. The minimum Gasteiger partial charge on any atom is -0.373 e. The Morgan fingerprint density at radius 2 is 2.13 bits per heavy atom. The maximum atomic E-state index is 4.27. The lowest BCUT2D eigenvalue weighted by Gasteiger charge is -2.13. The average Bonchev–Trinajstić information content (AvgIpc) is 2.81. The number of thiazole rings is 1. The number of anilines is 1. The molecule has 2 aromatic rings. The van der Waals surface area contributed by atoms with E-state index in [0.29, 0.717) is 0 Å². The Labute approximate surface area is 93.3 Å². The summed E-state index contributed by atoms with van der Waals surface area (Å²) in [5.41, 5.74) is 1.08. The minimum absolute atomic E-state index is 0.0902. The van der Waals surface area contributed by atoms with E-state index >= 15 is 0 Å². The van der Waals surface area contributed by atoms with E-state index in [1.54, 1.807) is 11.3 Å². The molecule has 0 aliphatic rings. The maximum Gasteiger partial charge on any atom is 0.119 e. The predicted molar refractivity (Wildman–Crippen MR) is 65.1 cm³/mol. The molecule has 1 aromatic heterocycles. The van der Waals surface area contributed by atoms with Gasteiger partial charge in [0.1, 0.15) is 5.01 Å². The second-order valence-electron chi connectivity index (χ2n) is 3.09. The fraction of sp³-hybridized carbons (Fsp3) is 0.0833. The summed E-state index contributed by atoms with van der Waals surface area (Å²) in [6, 6.07) is 10.2. The third-order valence-corrected chi connectivity index (χ3v) is 2.91. The molecule has 76 valence electrons. The molecule has 0 saturated carbocycles. The highest BCUT2D eigenvalue weighted by molar-refractivity contribution is 7.09. The van der Waals surface area contributed by atoms with Gasteiger partial charge in [-0.3, -0.25) is 0 Å². The molecule has 0 bridgehead atoms. The molecule has 1 N–H and O–H groups in total. The molecule has 0 spiro atoms. The number of hydrogen-bond donors (Lipinski definition) is 1. The number of hydrogen-bond acceptors (Lipinski definition) is 3. The number of aromatic nitrogens is 1. The number of benzene rings is 1. The normalized spacial score (nSPS) is 12.0. The van der Waals surface area contributed by atoms with Gasteiger partial charge in [0.05, 0.1) is 6.04 Å². The molecule has 0 radical (unpaired) electrons. The van der Waals surface area contributed by atoms with Crippen molar-refractivity contribution < 1.29 is 0 Å². The van der Waals surface area contributed by atoms with Crippen molar-refractivity contribution >= 4 is 17.0 Å². The van der Waals surface area contributed by atoms with Gasteiger partial charge in [-0.25, -0.2) is 4.98 Å². The maximum absolute atomic E-state index is 4.27. The fourth-order valence-corrected chi connectivity index (χ4v) is 2.01. The molecule has 0 saturated heterocycles. The first kappa shape index (κ1) is 9.93. The molecule has 2 rings (SSSR count). The predicted octanol–water partition coefficient (Wildman–Crippen LogP) is 3.48. The molecule has 1 atom stereocenters. The minimum atomic E-state index is 0.0902. The number of rotatable bonds is 4. The van der Waals surface area contributed by atoms with E-state index in [4.69, 9.17) is 0 Å². The third-order valence-electron chi connectivity index (χ3n) is 2.05. The van der Waals surface area contributed by atoms with Crippen molar-refractivity contribution in [2.45, 2.75) is 6.04 Å². The Morgan fingerprint density at radius 3 is 2.73 bits per heavy atom. The lowest BCUT2D eigenvalue weighted by Crippen LogP contribution is -2.06. The zero-order chi connectivity index (χ0) is 10.5. The van der Waals surface area contributed by atoms with Gasteiger partial charge in [0, 0.05) is 17.3 Å². The van der Waals surface area contributed by atoms with Gasteiger partial charge in [-0.1, -0.05) is 24.3 Å². The second kappa shape index (κ2) is 4.75. The van der Waals surface area contributed by atoms with E-state index in [2.05, 4.69) is 16.9 Å². The quantitative estimate of drug-likeness (QED) is 0.791. The van der Waals surface area contributed by atoms with E-state index in [0.717, 1.165) is 10.7 Å². The molecule has 2 nitrogen and oxygen atoms in total. The van der Waals surface area contributed by atoms with Gasteiger partial charge in [-0.05, 0) is 12.1 Å². The van der Waals surface area contributed by atoms with Crippen molar-refractivity contribution in [1.82, 2.24) is 4.98 Å². The molecule has 15 heavy (non-hydrogen) atoms. The van der Waals surface area contributed by atoms with Crippen molar-refractivity contribution in [2.24, 2.45) is 0 Å². The van der Waals surface area contributed by atoms with Gasteiger partial charge in [0.15, 0.2) is 0 Å². The van der Waals surface area contributed by atoms with Crippen LogP contribution in [0, 0.1) is 0 Å². The highest BCUT2D eigenvalue weighted by Gasteiger charge is 2.08. The molecule has 1 heterocycles. The Balaban J connectivity index is 2.13. The van der Waals surface area contributed by atoms with Crippen LogP contribution >= 0.6 is 11.3 Å². The summed E-state index contributed by atoms with van der Waals surface area (Å²) in [5.74, 6) is 0. The average molecular weight is 216 g/mol. The fourth-order valence-electron chi connectivity index (χ4n) is 1.32. The Kier molecular flexibility index (Phi) is 3.15. The van der Waals surface area contributed by atoms with Gasteiger partial charge < -0.3 is 5.32 Å². The lowest BCUT2D eigenvalue weighted by molar-refractivity contribution is 0.964. The van der Waals surface area contributed by atoms with Crippen LogP contribution in [-0.2, 0) is 0 Å². The highest BCUT2D eigenvalue weighted by atomic mass is 32.1. The van der Waals surface area contributed by atoms with Crippen molar-refractivity contribution in [2.75, 3.05) is 5.32 Å². The summed E-state index contributed by atoms with van der Waals surface area (Å²) in [7, 11) is 0. The number of nitrogens with zero attached hydrogens (tertiary/aromatic N) is 1. The first-order chi connectivity index (χ1) is 7.40. The first-order valence-corrected chi connectivity index (χ1v) is 5.61. The zero-order valence-electron chi connectivity index (χ0n) is 8.26. The summed E-state index contributed by atoms with van der Waals surface area (Å²) in [6.45, 7) is 3.82. The van der Waals surface area contributed by atoms with E-state index in [1.807, 2.05) is 48.0 Å². The molecule has 0 aliphatic heterocycles. The molecule has 1 aromatic carbocycles. The van der Waals surface area contributed by atoms with E-state index in [1.165, 1.54) is 0 Å². The summed E-state index contributed by atoms with van der Waals surface area (Å²) in [6.07, 6.45) is 3.68. The largest absolute Gasteiger partial charge is 0.373 e.